The molecule has 2 aliphatic heterocycles. The van der Waals surface area contributed by atoms with Gasteiger partial charge in [0, 0.05) is 32.4 Å². The van der Waals surface area contributed by atoms with Crippen LogP contribution in [0.5, 0.6) is 0 Å². The van der Waals surface area contributed by atoms with Crippen molar-refractivity contribution in [3.05, 3.63) is 0 Å². The molecule has 0 aromatic heterocycles. The van der Waals surface area contributed by atoms with Crippen LogP contribution >= 0.6 is 0 Å². The molecule has 0 radical (unpaired) electrons. The van der Waals surface area contributed by atoms with Gasteiger partial charge in [-0.2, -0.15) is 4.79 Å². The molecule has 104 valence electrons. The second kappa shape index (κ2) is 4.82. The number of nitrogens with one attached hydrogen (secondary N) is 1. The molecule has 4 nitrogen and oxygen atoms in total. The minimum absolute atomic E-state index is 0.0128. The lowest BCUT2D eigenvalue weighted by Gasteiger charge is -2.40. The summed E-state index contributed by atoms with van der Waals surface area (Å²) in [6, 6.07) is 0.794. The highest BCUT2D eigenvalue weighted by molar-refractivity contribution is 5.61. The molecule has 0 aromatic rings. The second-order valence-electron chi connectivity index (χ2n) is 6.77. The van der Waals surface area contributed by atoms with Crippen molar-refractivity contribution in [1.29, 1.82) is 0 Å². The summed E-state index contributed by atoms with van der Waals surface area (Å²) in [4.78, 5) is 12.7. The van der Waals surface area contributed by atoms with Crippen LogP contribution in [-0.4, -0.2) is 47.9 Å². The summed E-state index contributed by atoms with van der Waals surface area (Å²) in [6.45, 7) is 11.0. The smallest absolute Gasteiger partial charge is 0.414 e. The average Bonchev–Trinajstić information content (AvgIpc) is 2.83. The summed E-state index contributed by atoms with van der Waals surface area (Å²) in [5, 5.41) is 3.39. The molecule has 2 rings (SSSR count). The minimum Gasteiger partial charge on any atom is -0.414 e. The maximum Gasteiger partial charge on any atom is 0.517 e. The standard InChI is InChI=1S/C14H27N2O2/c1-11-6-5-9-16(11,12-7-8-15-10-12)13(17)18-14(2,3)4/h11-12,15H,5-10H2,1-4H3/q+1. The number of carbonyl (C=O) groups excluding carboxylic acids is 1. The van der Waals surface area contributed by atoms with Gasteiger partial charge in [-0.1, -0.05) is 0 Å². The SMILES string of the molecule is CC1CCC[N+]1(C(=O)OC(C)(C)C)C1CCNC1. The molecule has 2 aliphatic rings. The molecule has 18 heavy (non-hydrogen) atoms. The molecule has 0 bridgehead atoms. The predicted octanol–water partition coefficient (Wildman–Crippen LogP) is 2.28. The van der Waals surface area contributed by atoms with Gasteiger partial charge in [0.15, 0.2) is 0 Å². The quantitative estimate of drug-likeness (QED) is 0.731. The van der Waals surface area contributed by atoms with Gasteiger partial charge in [-0.05, 0) is 27.7 Å². The fraction of sp³-hybridized carbons (Fsp3) is 0.929. The predicted molar refractivity (Wildman–Crippen MR) is 71.3 cm³/mol. The van der Waals surface area contributed by atoms with Crippen LogP contribution in [0.25, 0.3) is 0 Å². The number of ether oxygens (including phenoxy) is 1. The lowest BCUT2D eigenvalue weighted by molar-refractivity contribution is -0.890. The molecule has 1 amide bonds. The number of nitrogens with zero attached hydrogens (tertiary/aromatic N) is 1. The van der Waals surface area contributed by atoms with Gasteiger partial charge in [0.25, 0.3) is 0 Å². The Bertz CT molecular complexity index is 318. The first kappa shape index (κ1) is 13.8. The summed E-state index contributed by atoms with van der Waals surface area (Å²) in [5.41, 5.74) is -0.392. The summed E-state index contributed by atoms with van der Waals surface area (Å²) >= 11 is 0. The van der Waals surface area contributed by atoms with Crippen LogP contribution in [0, 0.1) is 0 Å². The number of hydrogen-bond donors (Lipinski definition) is 1. The van der Waals surface area contributed by atoms with E-state index in [1.807, 2.05) is 20.8 Å². The Labute approximate surface area is 110 Å². The van der Waals surface area contributed by atoms with E-state index in [9.17, 15) is 4.79 Å². The third kappa shape index (κ3) is 2.41. The highest BCUT2D eigenvalue weighted by Gasteiger charge is 2.54. The Hall–Kier alpha value is -0.610. The van der Waals surface area contributed by atoms with E-state index >= 15 is 0 Å². The van der Waals surface area contributed by atoms with Crippen LogP contribution < -0.4 is 5.32 Å². The van der Waals surface area contributed by atoms with E-state index in [4.69, 9.17) is 4.74 Å². The molecule has 0 aromatic carbocycles. The minimum atomic E-state index is -0.392. The normalized spacial score (nSPS) is 36.9. The fourth-order valence-electron chi connectivity index (χ4n) is 3.44. The largest absolute Gasteiger partial charge is 0.517 e. The fourth-order valence-corrected chi connectivity index (χ4v) is 3.44. The summed E-state index contributed by atoms with van der Waals surface area (Å²) in [5.74, 6) is 0. The Morgan fingerprint density at radius 1 is 1.33 bits per heavy atom. The molecule has 0 aliphatic carbocycles. The van der Waals surface area contributed by atoms with Gasteiger partial charge < -0.3 is 10.1 Å². The van der Waals surface area contributed by atoms with E-state index in [1.54, 1.807) is 0 Å². The molecule has 2 saturated heterocycles. The zero-order valence-electron chi connectivity index (χ0n) is 12.2. The van der Waals surface area contributed by atoms with Crippen LogP contribution in [0.3, 0.4) is 0 Å². The first-order valence-corrected chi connectivity index (χ1v) is 7.18. The molecule has 3 unspecified atom stereocenters. The summed E-state index contributed by atoms with van der Waals surface area (Å²) in [6.07, 6.45) is 3.34. The zero-order valence-corrected chi connectivity index (χ0v) is 12.2. The molecule has 0 spiro atoms. The third-order valence-corrected chi connectivity index (χ3v) is 4.36. The third-order valence-electron chi connectivity index (χ3n) is 4.36. The van der Waals surface area contributed by atoms with E-state index in [0.717, 1.165) is 38.9 Å². The maximum atomic E-state index is 12.7. The monoisotopic (exact) mass is 255 g/mol. The lowest BCUT2D eigenvalue weighted by Crippen LogP contribution is -2.63. The molecular weight excluding hydrogens is 228 g/mol. The Morgan fingerprint density at radius 2 is 2.06 bits per heavy atom. The van der Waals surface area contributed by atoms with Gasteiger partial charge in [-0.3, -0.25) is 0 Å². The van der Waals surface area contributed by atoms with Gasteiger partial charge in [0.2, 0.25) is 0 Å². The Morgan fingerprint density at radius 3 is 2.50 bits per heavy atom. The van der Waals surface area contributed by atoms with Crippen LogP contribution in [0.1, 0.15) is 47.0 Å². The van der Waals surface area contributed by atoms with Crippen LogP contribution in [-0.2, 0) is 4.74 Å². The van der Waals surface area contributed by atoms with Crippen molar-refractivity contribution >= 4 is 6.09 Å². The number of quaternary nitrogens is 1. The maximum absolute atomic E-state index is 12.7. The van der Waals surface area contributed by atoms with E-state index in [2.05, 4.69) is 12.2 Å². The number of amides is 1. The van der Waals surface area contributed by atoms with Gasteiger partial charge in [-0.25, -0.2) is 4.48 Å². The first-order valence-electron chi connectivity index (χ1n) is 7.18. The second-order valence-corrected chi connectivity index (χ2v) is 6.77. The van der Waals surface area contributed by atoms with Gasteiger partial charge in [0.05, 0.1) is 12.6 Å². The van der Waals surface area contributed by atoms with Crippen molar-refractivity contribution in [3.8, 4) is 0 Å². The number of carbonyl (C=O) groups is 1. The molecule has 4 heteroatoms. The summed E-state index contributed by atoms with van der Waals surface area (Å²) < 4.78 is 6.26. The average molecular weight is 255 g/mol. The highest BCUT2D eigenvalue weighted by Crippen LogP contribution is 2.35. The van der Waals surface area contributed by atoms with Crippen molar-refractivity contribution in [1.82, 2.24) is 5.32 Å². The number of rotatable bonds is 1. The van der Waals surface area contributed by atoms with Crippen molar-refractivity contribution in [2.45, 2.75) is 64.6 Å². The van der Waals surface area contributed by atoms with Crippen LogP contribution in [0.4, 0.5) is 4.79 Å². The molecule has 2 fully saturated rings. The van der Waals surface area contributed by atoms with Crippen molar-refractivity contribution in [3.63, 3.8) is 0 Å². The van der Waals surface area contributed by atoms with E-state index < -0.39 is 5.60 Å². The zero-order chi connectivity index (χ0) is 13.4. The molecule has 2 heterocycles. The highest BCUT2D eigenvalue weighted by atomic mass is 16.6. The van der Waals surface area contributed by atoms with Crippen molar-refractivity contribution < 1.29 is 14.0 Å². The molecule has 0 saturated carbocycles. The van der Waals surface area contributed by atoms with Gasteiger partial charge >= 0.3 is 6.09 Å². The van der Waals surface area contributed by atoms with Crippen LogP contribution in [0.2, 0.25) is 0 Å². The number of likely N-dealkylation sites (tertiary alicyclic amines) is 1. The Balaban J connectivity index is 2.22. The van der Waals surface area contributed by atoms with E-state index in [0.29, 0.717) is 16.6 Å². The molecule has 3 atom stereocenters. The molecule has 1 N–H and O–H groups in total. The summed E-state index contributed by atoms with van der Waals surface area (Å²) in [7, 11) is 0. The molecular formula is C14H27N2O2+. The Kier molecular flexibility index (Phi) is 3.70. The van der Waals surface area contributed by atoms with Crippen molar-refractivity contribution in [2.75, 3.05) is 19.6 Å². The number of hydrogen-bond acceptors (Lipinski definition) is 3. The first-order chi connectivity index (χ1) is 8.36. The van der Waals surface area contributed by atoms with Gasteiger partial charge in [-0.15, -0.1) is 0 Å². The lowest BCUT2D eigenvalue weighted by atomic mass is 10.1. The van der Waals surface area contributed by atoms with E-state index in [1.165, 1.54) is 0 Å². The van der Waals surface area contributed by atoms with Crippen LogP contribution in [0.15, 0.2) is 0 Å². The van der Waals surface area contributed by atoms with E-state index in [-0.39, 0.29) is 6.09 Å². The topological polar surface area (TPSA) is 38.3 Å². The van der Waals surface area contributed by atoms with Gasteiger partial charge in [0.1, 0.15) is 11.6 Å². The van der Waals surface area contributed by atoms with Crippen molar-refractivity contribution in [2.24, 2.45) is 0 Å².